The first kappa shape index (κ1) is 15.6. The average molecular weight is 320 g/mol. The summed E-state index contributed by atoms with van der Waals surface area (Å²) in [7, 11) is 0. The minimum absolute atomic E-state index is 0.162. The lowest BCUT2D eigenvalue weighted by Crippen LogP contribution is -1.96. The SMILES string of the molecule is C/C(=C\c1ccc2cc(O)ccc2c1-c1ccc(O)cc1)C(=O)O. The van der Waals surface area contributed by atoms with E-state index < -0.39 is 5.97 Å². The zero-order valence-electron chi connectivity index (χ0n) is 13.0. The van der Waals surface area contributed by atoms with E-state index >= 15 is 0 Å². The number of carboxylic acids is 1. The fourth-order valence-corrected chi connectivity index (χ4v) is 2.70. The van der Waals surface area contributed by atoms with Crippen molar-refractivity contribution in [1.82, 2.24) is 0 Å². The number of aromatic hydroxyl groups is 2. The van der Waals surface area contributed by atoms with Crippen LogP contribution in [0.2, 0.25) is 0 Å². The molecular formula is C20H16O4. The van der Waals surface area contributed by atoms with E-state index in [1.165, 1.54) is 0 Å². The van der Waals surface area contributed by atoms with Crippen LogP contribution in [0.5, 0.6) is 11.5 Å². The van der Waals surface area contributed by atoms with Crippen LogP contribution in [0.15, 0.2) is 60.2 Å². The Kier molecular flexibility index (Phi) is 3.96. The van der Waals surface area contributed by atoms with Gasteiger partial charge in [0.25, 0.3) is 0 Å². The highest BCUT2D eigenvalue weighted by atomic mass is 16.4. The summed E-state index contributed by atoms with van der Waals surface area (Å²) in [4.78, 5) is 11.2. The molecule has 0 heterocycles. The van der Waals surface area contributed by atoms with Gasteiger partial charge in [-0.1, -0.05) is 30.3 Å². The molecule has 0 saturated carbocycles. The van der Waals surface area contributed by atoms with Gasteiger partial charge in [-0.2, -0.15) is 0 Å². The van der Waals surface area contributed by atoms with Gasteiger partial charge in [-0.25, -0.2) is 4.79 Å². The minimum atomic E-state index is -0.975. The predicted octanol–water partition coefficient (Wildman–Crippen LogP) is 4.41. The van der Waals surface area contributed by atoms with E-state index in [9.17, 15) is 15.0 Å². The van der Waals surface area contributed by atoms with Crippen molar-refractivity contribution in [3.8, 4) is 22.6 Å². The summed E-state index contributed by atoms with van der Waals surface area (Å²) >= 11 is 0. The van der Waals surface area contributed by atoms with Crippen molar-refractivity contribution >= 4 is 22.8 Å². The Morgan fingerprint density at radius 2 is 1.58 bits per heavy atom. The number of aliphatic carboxylic acids is 1. The van der Waals surface area contributed by atoms with Gasteiger partial charge in [-0.05, 0) is 64.7 Å². The fourth-order valence-electron chi connectivity index (χ4n) is 2.70. The normalized spacial score (nSPS) is 11.6. The Labute approximate surface area is 138 Å². The summed E-state index contributed by atoms with van der Waals surface area (Å²) in [6, 6.07) is 15.5. The standard InChI is InChI=1S/C20H16O4/c1-12(20(23)24)10-15-3-2-14-11-17(22)8-9-18(14)19(15)13-4-6-16(21)7-5-13/h2-11,21-22H,1H3,(H,23,24)/b12-10+. The van der Waals surface area contributed by atoms with Gasteiger partial charge >= 0.3 is 5.97 Å². The highest BCUT2D eigenvalue weighted by Crippen LogP contribution is 2.35. The van der Waals surface area contributed by atoms with Gasteiger partial charge in [0.2, 0.25) is 0 Å². The molecule has 0 aliphatic rings. The molecule has 3 aromatic rings. The van der Waals surface area contributed by atoms with E-state index in [1.54, 1.807) is 55.5 Å². The number of phenols is 2. The Balaban J connectivity index is 2.33. The van der Waals surface area contributed by atoms with Gasteiger partial charge in [-0.15, -0.1) is 0 Å². The molecule has 4 nitrogen and oxygen atoms in total. The highest BCUT2D eigenvalue weighted by Gasteiger charge is 2.11. The van der Waals surface area contributed by atoms with E-state index in [1.807, 2.05) is 12.1 Å². The number of phenolic OH excluding ortho intramolecular Hbond substituents is 2. The molecule has 24 heavy (non-hydrogen) atoms. The number of fused-ring (bicyclic) bond motifs is 1. The molecule has 0 spiro atoms. The number of carbonyl (C=O) groups is 1. The highest BCUT2D eigenvalue weighted by molar-refractivity contribution is 6.03. The zero-order valence-corrected chi connectivity index (χ0v) is 13.0. The lowest BCUT2D eigenvalue weighted by Gasteiger charge is -2.12. The first-order chi connectivity index (χ1) is 11.5. The summed E-state index contributed by atoms with van der Waals surface area (Å²) in [5, 5.41) is 30.1. The number of hydrogen-bond acceptors (Lipinski definition) is 3. The van der Waals surface area contributed by atoms with Crippen LogP contribution in [0.1, 0.15) is 12.5 Å². The van der Waals surface area contributed by atoms with Crippen LogP contribution in [0.4, 0.5) is 0 Å². The minimum Gasteiger partial charge on any atom is -0.508 e. The monoisotopic (exact) mass is 320 g/mol. The lowest BCUT2D eigenvalue weighted by atomic mass is 9.92. The van der Waals surface area contributed by atoms with Crippen molar-refractivity contribution in [3.05, 3.63) is 65.7 Å². The Morgan fingerprint density at radius 1 is 0.917 bits per heavy atom. The first-order valence-corrected chi connectivity index (χ1v) is 7.42. The van der Waals surface area contributed by atoms with Crippen LogP contribution in [-0.2, 0) is 4.79 Å². The molecule has 0 unspecified atom stereocenters. The van der Waals surface area contributed by atoms with Crippen molar-refractivity contribution < 1.29 is 20.1 Å². The second-order valence-electron chi connectivity index (χ2n) is 5.61. The lowest BCUT2D eigenvalue weighted by molar-refractivity contribution is -0.132. The van der Waals surface area contributed by atoms with Gasteiger partial charge in [0.15, 0.2) is 0 Å². The second kappa shape index (κ2) is 6.08. The van der Waals surface area contributed by atoms with E-state index in [2.05, 4.69) is 0 Å². The number of carboxylic acid groups (broad SMARTS) is 1. The summed E-state index contributed by atoms with van der Waals surface area (Å²) in [5.74, 6) is -0.642. The van der Waals surface area contributed by atoms with Crippen molar-refractivity contribution in [3.63, 3.8) is 0 Å². The number of benzene rings is 3. The van der Waals surface area contributed by atoms with E-state index in [0.717, 1.165) is 27.5 Å². The largest absolute Gasteiger partial charge is 0.508 e. The molecule has 120 valence electrons. The van der Waals surface area contributed by atoms with E-state index in [0.29, 0.717) is 0 Å². The van der Waals surface area contributed by atoms with Crippen LogP contribution in [0.25, 0.3) is 28.0 Å². The van der Waals surface area contributed by atoms with E-state index in [-0.39, 0.29) is 17.1 Å². The molecule has 3 N–H and O–H groups in total. The predicted molar refractivity (Wildman–Crippen MR) is 94.0 cm³/mol. The summed E-state index contributed by atoms with van der Waals surface area (Å²) in [6.07, 6.45) is 1.62. The molecule has 0 amide bonds. The fraction of sp³-hybridized carbons (Fsp3) is 0.0500. The third-order valence-corrected chi connectivity index (χ3v) is 3.90. The van der Waals surface area contributed by atoms with Crippen LogP contribution in [0, 0.1) is 0 Å². The maximum absolute atomic E-state index is 11.2. The molecule has 0 aliphatic carbocycles. The van der Waals surface area contributed by atoms with Crippen molar-refractivity contribution in [1.29, 1.82) is 0 Å². The molecular weight excluding hydrogens is 304 g/mol. The smallest absolute Gasteiger partial charge is 0.331 e. The summed E-state index contributed by atoms with van der Waals surface area (Å²) < 4.78 is 0. The van der Waals surface area contributed by atoms with Gasteiger partial charge in [-0.3, -0.25) is 0 Å². The molecule has 0 aromatic heterocycles. The van der Waals surface area contributed by atoms with Crippen LogP contribution in [-0.4, -0.2) is 21.3 Å². The molecule has 4 heteroatoms. The third-order valence-electron chi connectivity index (χ3n) is 3.90. The molecule has 0 radical (unpaired) electrons. The summed E-state index contributed by atoms with van der Waals surface area (Å²) in [6.45, 7) is 1.55. The third kappa shape index (κ3) is 2.94. The number of hydrogen-bond donors (Lipinski definition) is 3. The molecule has 0 fully saturated rings. The van der Waals surface area contributed by atoms with Crippen LogP contribution in [0.3, 0.4) is 0 Å². The molecule has 3 rings (SSSR count). The van der Waals surface area contributed by atoms with Crippen molar-refractivity contribution in [2.45, 2.75) is 6.92 Å². The molecule has 0 aliphatic heterocycles. The zero-order chi connectivity index (χ0) is 17.3. The summed E-state index contributed by atoms with van der Waals surface area (Å²) in [5.41, 5.74) is 2.70. The van der Waals surface area contributed by atoms with Crippen molar-refractivity contribution in [2.24, 2.45) is 0 Å². The van der Waals surface area contributed by atoms with Crippen molar-refractivity contribution in [2.75, 3.05) is 0 Å². The molecule has 0 bridgehead atoms. The van der Waals surface area contributed by atoms with Gasteiger partial charge in [0.05, 0.1) is 0 Å². The van der Waals surface area contributed by atoms with Gasteiger partial charge < -0.3 is 15.3 Å². The average Bonchev–Trinajstić information content (AvgIpc) is 2.55. The number of rotatable bonds is 3. The molecule has 0 saturated heterocycles. The van der Waals surface area contributed by atoms with Crippen LogP contribution < -0.4 is 0 Å². The first-order valence-electron chi connectivity index (χ1n) is 7.42. The Bertz CT molecular complexity index is 953. The Hall–Kier alpha value is -3.27. The second-order valence-corrected chi connectivity index (χ2v) is 5.61. The van der Waals surface area contributed by atoms with Crippen LogP contribution >= 0.6 is 0 Å². The van der Waals surface area contributed by atoms with Gasteiger partial charge in [0, 0.05) is 5.57 Å². The maximum Gasteiger partial charge on any atom is 0.331 e. The van der Waals surface area contributed by atoms with Gasteiger partial charge in [0.1, 0.15) is 11.5 Å². The molecule has 0 atom stereocenters. The Morgan fingerprint density at radius 3 is 2.25 bits per heavy atom. The maximum atomic E-state index is 11.2. The van der Waals surface area contributed by atoms with E-state index in [4.69, 9.17) is 5.11 Å². The molecule has 3 aromatic carbocycles. The topological polar surface area (TPSA) is 77.8 Å². The quantitative estimate of drug-likeness (QED) is 0.625.